The third-order valence-corrected chi connectivity index (χ3v) is 7.70. The molecule has 1 saturated carbocycles. The van der Waals surface area contributed by atoms with Gasteiger partial charge in [-0.2, -0.15) is 0 Å². The Labute approximate surface area is 196 Å². The van der Waals surface area contributed by atoms with Gasteiger partial charge in [-0.25, -0.2) is 0 Å². The van der Waals surface area contributed by atoms with Crippen LogP contribution in [0.1, 0.15) is 54.8 Å². The van der Waals surface area contributed by atoms with Crippen LogP contribution in [0, 0.1) is 18.8 Å². The summed E-state index contributed by atoms with van der Waals surface area (Å²) in [5.41, 5.74) is 2.60. The Morgan fingerprint density at radius 3 is 2.73 bits per heavy atom. The van der Waals surface area contributed by atoms with Gasteiger partial charge in [-0.3, -0.25) is 14.5 Å². The minimum absolute atomic E-state index is 0.0690. The van der Waals surface area contributed by atoms with Crippen LogP contribution < -0.4 is 5.32 Å². The number of benzene rings is 1. The topological polar surface area (TPSA) is 65.8 Å². The fourth-order valence-corrected chi connectivity index (χ4v) is 5.94. The molecular formula is C27H35N3O3. The minimum atomic E-state index is -0.148. The Bertz CT molecular complexity index is 1000. The average molecular weight is 450 g/mol. The summed E-state index contributed by atoms with van der Waals surface area (Å²) in [6, 6.07) is 12.5. The van der Waals surface area contributed by atoms with Gasteiger partial charge < -0.3 is 14.6 Å². The third-order valence-electron chi connectivity index (χ3n) is 7.70. The zero-order chi connectivity index (χ0) is 22.8. The van der Waals surface area contributed by atoms with Gasteiger partial charge in [0.05, 0.1) is 12.5 Å². The highest BCUT2D eigenvalue weighted by atomic mass is 16.3. The van der Waals surface area contributed by atoms with Crippen molar-refractivity contribution in [3.05, 3.63) is 59.0 Å². The molecule has 1 aromatic heterocycles. The number of amides is 2. The van der Waals surface area contributed by atoms with E-state index < -0.39 is 0 Å². The summed E-state index contributed by atoms with van der Waals surface area (Å²) in [5.74, 6) is 1.93. The summed E-state index contributed by atoms with van der Waals surface area (Å²) in [4.78, 5) is 31.2. The normalized spacial score (nSPS) is 26.4. The average Bonchev–Trinajstić information content (AvgIpc) is 3.45. The lowest BCUT2D eigenvalue weighted by Gasteiger charge is -2.33. The van der Waals surface area contributed by atoms with Crippen LogP contribution in [0.3, 0.4) is 0 Å². The molecule has 3 heterocycles. The molecule has 1 N–H and O–H groups in total. The number of nitrogens with zero attached hydrogens (tertiary/aromatic N) is 2. The van der Waals surface area contributed by atoms with E-state index in [1.54, 1.807) is 0 Å². The molecule has 0 bridgehead atoms. The number of nitrogens with one attached hydrogen (secondary N) is 1. The quantitative estimate of drug-likeness (QED) is 0.777. The first kappa shape index (κ1) is 22.2. The van der Waals surface area contributed by atoms with Gasteiger partial charge in [0.2, 0.25) is 11.8 Å². The van der Waals surface area contributed by atoms with E-state index >= 15 is 0 Å². The second kappa shape index (κ2) is 9.72. The van der Waals surface area contributed by atoms with Gasteiger partial charge in [-0.05, 0) is 68.8 Å². The second-order valence-electron chi connectivity index (χ2n) is 9.96. The van der Waals surface area contributed by atoms with Crippen LogP contribution in [-0.4, -0.2) is 47.3 Å². The lowest BCUT2D eigenvalue weighted by atomic mass is 9.97. The summed E-state index contributed by atoms with van der Waals surface area (Å²) in [5, 5.41) is 3.15. The molecule has 176 valence electrons. The predicted octanol–water partition coefficient (Wildman–Crippen LogP) is 3.67. The molecule has 0 unspecified atom stereocenters. The van der Waals surface area contributed by atoms with Crippen molar-refractivity contribution < 1.29 is 14.0 Å². The van der Waals surface area contributed by atoms with Gasteiger partial charge in [-0.1, -0.05) is 30.7 Å². The number of furan rings is 1. The van der Waals surface area contributed by atoms with Crippen LogP contribution in [-0.2, 0) is 29.1 Å². The number of rotatable bonds is 3. The second-order valence-corrected chi connectivity index (χ2v) is 9.96. The number of carbonyl (C=O) groups excluding carboxylic acids is 2. The summed E-state index contributed by atoms with van der Waals surface area (Å²) in [7, 11) is 0. The number of hydrogen-bond donors (Lipinski definition) is 1. The maximum absolute atomic E-state index is 13.6. The molecule has 2 amide bonds. The van der Waals surface area contributed by atoms with Crippen molar-refractivity contribution in [2.45, 2.75) is 64.6 Å². The molecule has 33 heavy (non-hydrogen) atoms. The molecule has 0 radical (unpaired) electrons. The van der Waals surface area contributed by atoms with E-state index in [-0.39, 0.29) is 29.7 Å². The molecule has 1 aliphatic carbocycles. The monoisotopic (exact) mass is 449 g/mol. The Kier molecular flexibility index (Phi) is 6.54. The molecule has 2 aromatic rings. The molecule has 3 atom stereocenters. The van der Waals surface area contributed by atoms with Crippen molar-refractivity contribution in [3.8, 4) is 0 Å². The zero-order valence-electron chi connectivity index (χ0n) is 19.6. The van der Waals surface area contributed by atoms with Crippen LogP contribution in [0.15, 0.2) is 40.8 Å². The highest BCUT2D eigenvalue weighted by molar-refractivity contribution is 5.84. The Morgan fingerprint density at radius 1 is 1.06 bits per heavy atom. The standard InChI is InChI=1S/C27H35N3O3/c1-19-9-10-23(33-19)18-29-13-6-2-5-12-28-26(31)24-15-22(16-25(24)29)27(32)30-14-11-20-7-3-4-8-21(20)17-30/h3-4,7-10,22,24-25H,2,5-6,11-18H2,1H3,(H,28,31)/t22-,24-,25+/m0/s1. The van der Waals surface area contributed by atoms with Gasteiger partial charge in [0, 0.05) is 31.6 Å². The van der Waals surface area contributed by atoms with Crippen molar-refractivity contribution >= 4 is 11.8 Å². The Hall–Kier alpha value is -2.60. The van der Waals surface area contributed by atoms with Gasteiger partial charge in [0.25, 0.3) is 0 Å². The predicted molar refractivity (Wildman–Crippen MR) is 126 cm³/mol. The molecule has 1 aromatic carbocycles. The van der Waals surface area contributed by atoms with E-state index in [4.69, 9.17) is 4.42 Å². The maximum Gasteiger partial charge on any atom is 0.226 e. The summed E-state index contributed by atoms with van der Waals surface area (Å²) in [6.45, 7) is 5.78. The van der Waals surface area contributed by atoms with Gasteiger partial charge in [0.1, 0.15) is 11.5 Å². The molecule has 6 heteroatoms. The van der Waals surface area contributed by atoms with Crippen molar-refractivity contribution in [1.29, 1.82) is 0 Å². The summed E-state index contributed by atoms with van der Waals surface area (Å²) < 4.78 is 5.87. The van der Waals surface area contributed by atoms with Crippen LogP contribution in [0.4, 0.5) is 0 Å². The first-order valence-corrected chi connectivity index (χ1v) is 12.5. The smallest absolute Gasteiger partial charge is 0.226 e. The molecule has 6 nitrogen and oxygen atoms in total. The van der Waals surface area contributed by atoms with Crippen LogP contribution in [0.5, 0.6) is 0 Å². The number of hydrogen-bond acceptors (Lipinski definition) is 4. The van der Waals surface area contributed by atoms with Crippen molar-refractivity contribution in [2.24, 2.45) is 11.8 Å². The van der Waals surface area contributed by atoms with Gasteiger partial charge in [0.15, 0.2) is 0 Å². The molecule has 3 aliphatic rings. The van der Waals surface area contributed by atoms with Crippen molar-refractivity contribution in [2.75, 3.05) is 19.6 Å². The number of carbonyl (C=O) groups is 2. The Morgan fingerprint density at radius 2 is 1.91 bits per heavy atom. The lowest BCUT2D eigenvalue weighted by Crippen LogP contribution is -2.45. The summed E-state index contributed by atoms with van der Waals surface area (Å²) >= 11 is 0. The largest absolute Gasteiger partial charge is 0.465 e. The number of fused-ring (bicyclic) bond motifs is 2. The highest BCUT2D eigenvalue weighted by Gasteiger charge is 2.45. The highest BCUT2D eigenvalue weighted by Crippen LogP contribution is 2.38. The molecule has 1 saturated heterocycles. The van der Waals surface area contributed by atoms with E-state index in [2.05, 4.69) is 34.5 Å². The van der Waals surface area contributed by atoms with E-state index in [1.165, 1.54) is 11.1 Å². The van der Waals surface area contributed by atoms with Crippen molar-refractivity contribution in [1.82, 2.24) is 15.1 Å². The number of aryl methyl sites for hydroxylation is 1. The minimum Gasteiger partial charge on any atom is -0.465 e. The van der Waals surface area contributed by atoms with E-state index in [0.717, 1.165) is 63.3 Å². The fourth-order valence-electron chi connectivity index (χ4n) is 5.94. The van der Waals surface area contributed by atoms with E-state index in [1.807, 2.05) is 24.0 Å². The molecule has 2 fully saturated rings. The maximum atomic E-state index is 13.6. The molecule has 5 rings (SSSR count). The molecular weight excluding hydrogens is 414 g/mol. The SMILES string of the molecule is Cc1ccc(CN2CCCCCNC(=O)[C@H]3C[C@H](C(=O)N4CCc5ccccc5C4)C[C@H]32)o1. The van der Waals surface area contributed by atoms with Gasteiger partial charge in [-0.15, -0.1) is 0 Å². The van der Waals surface area contributed by atoms with Crippen molar-refractivity contribution in [3.63, 3.8) is 0 Å². The Balaban J connectivity index is 1.34. The fraction of sp³-hybridized carbons (Fsp3) is 0.556. The van der Waals surface area contributed by atoms with Crippen LogP contribution >= 0.6 is 0 Å². The third kappa shape index (κ3) is 4.86. The van der Waals surface area contributed by atoms with E-state index in [9.17, 15) is 9.59 Å². The first-order chi connectivity index (χ1) is 16.1. The van der Waals surface area contributed by atoms with Crippen LogP contribution in [0.2, 0.25) is 0 Å². The zero-order valence-corrected chi connectivity index (χ0v) is 19.6. The lowest BCUT2D eigenvalue weighted by molar-refractivity contribution is -0.136. The van der Waals surface area contributed by atoms with E-state index in [0.29, 0.717) is 19.5 Å². The molecule has 0 spiro atoms. The van der Waals surface area contributed by atoms with Gasteiger partial charge >= 0.3 is 0 Å². The van der Waals surface area contributed by atoms with Crippen LogP contribution in [0.25, 0.3) is 0 Å². The summed E-state index contributed by atoms with van der Waals surface area (Å²) in [6.07, 6.45) is 5.50. The first-order valence-electron chi connectivity index (χ1n) is 12.5. The molecule has 2 aliphatic heterocycles.